The van der Waals surface area contributed by atoms with Crippen LogP contribution in [-0.4, -0.2) is 35.7 Å². The van der Waals surface area contributed by atoms with E-state index in [0.717, 1.165) is 41.7 Å². The van der Waals surface area contributed by atoms with E-state index in [4.69, 9.17) is 14.5 Å². The molecule has 1 aromatic heterocycles. The number of amides is 1. The fourth-order valence-corrected chi connectivity index (χ4v) is 5.40. The average Bonchev–Trinajstić information content (AvgIpc) is 3.33. The van der Waals surface area contributed by atoms with Crippen LogP contribution in [0.2, 0.25) is 0 Å². The van der Waals surface area contributed by atoms with Crippen LogP contribution in [0.1, 0.15) is 50.1 Å². The fraction of sp³-hybridized carbons (Fsp3) is 0.355. The van der Waals surface area contributed by atoms with Crippen LogP contribution < -0.4 is 14.8 Å². The number of ether oxygens (including phenoxy) is 2. The summed E-state index contributed by atoms with van der Waals surface area (Å²) in [6, 6.07) is 23.9. The highest BCUT2D eigenvalue weighted by Gasteiger charge is 2.29. The standard InChI is InChI=1S/C31H35N3O3/c1-36-24-18-19-25(29(21-24)37-2)30-33-26-15-9-10-16-27(26)34(30)28(20-17-22-11-5-3-6-12-22)31(35)32-23-13-7-4-8-14-23/h3,5-6,9-12,15-16,18-19,21,23,28H,4,7-8,13-14,17,20H2,1-2H3,(H,32,35). The number of para-hydroxylation sites is 2. The number of hydrogen-bond donors (Lipinski definition) is 1. The summed E-state index contributed by atoms with van der Waals surface area (Å²) in [6.45, 7) is 0. The Bertz CT molecular complexity index is 1340. The van der Waals surface area contributed by atoms with Crippen molar-refractivity contribution in [3.05, 3.63) is 78.4 Å². The van der Waals surface area contributed by atoms with Crippen LogP contribution in [0.25, 0.3) is 22.4 Å². The number of nitrogens with one attached hydrogen (secondary N) is 1. The van der Waals surface area contributed by atoms with Crippen LogP contribution in [0.5, 0.6) is 11.5 Å². The number of hydrogen-bond acceptors (Lipinski definition) is 4. The molecule has 1 aliphatic rings. The van der Waals surface area contributed by atoms with Gasteiger partial charge < -0.3 is 19.4 Å². The number of rotatable bonds is 9. The molecule has 1 aliphatic carbocycles. The highest BCUT2D eigenvalue weighted by molar-refractivity contribution is 5.88. The first-order valence-corrected chi connectivity index (χ1v) is 13.2. The molecule has 0 aliphatic heterocycles. The van der Waals surface area contributed by atoms with Crippen LogP contribution in [0.4, 0.5) is 0 Å². The molecule has 1 atom stereocenters. The molecule has 6 nitrogen and oxygen atoms in total. The Balaban J connectivity index is 1.60. The van der Waals surface area contributed by atoms with Crippen molar-refractivity contribution < 1.29 is 14.3 Å². The molecule has 3 aromatic carbocycles. The minimum Gasteiger partial charge on any atom is -0.497 e. The number of carbonyl (C=O) groups is 1. The summed E-state index contributed by atoms with van der Waals surface area (Å²) in [4.78, 5) is 19.0. The van der Waals surface area contributed by atoms with Gasteiger partial charge in [-0.1, -0.05) is 61.7 Å². The normalized spacial score (nSPS) is 14.9. The molecule has 0 bridgehead atoms. The molecular weight excluding hydrogens is 462 g/mol. The van der Waals surface area contributed by atoms with Gasteiger partial charge in [0.2, 0.25) is 5.91 Å². The van der Waals surface area contributed by atoms with Crippen LogP contribution in [0, 0.1) is 0 Å². The second kappa shape index (κ2) is 11.5. The van der Waals surface area contributed by atoms with Crippen molar-refractivity contribution in [2.45, 2.75) is 57.0 Å². The molecule has 0 radical (unpaired) electrons. The van der Waals surface area contributed by atoms with Gasteiger partial charge in [0.05, 0.1) is 30.8 Å². The molecule has 1 heterocycles. The van der Waals surface area contributed by atoms with Crippen molar-refractivity contribution in [3.8, 4) is 22.9 Å². The Hall–Kier alpha value is -3.80. The van der Waals surface area contributed by atoms with Crippen molar-refractivity contribution >= 4 is 16.9 Å². The SMILES string of the molecule is COc1ccc(-c2nc3ccccc3n2C(CCc2ccccc2)C(=O)NC2CCCCC2)c(OC)c1. The van der Waals surface area contributed by atoms with Gasteiger partial charge in [-0.05, 0) is 55.5 Å². The summed E-state index contributed by atoms with van der Waals surface area (Å²) >= 11 is 0. The van der Waals surface area contributed by atoms with Gasteiger partial charge in [-0.3, -0.25) is 4.79 Å². The van der Waals surface area contributed by atoms with Crippen molar-refractivity contribution in [2.24, 2.45) is 0 Å². The zero-order chi connectivity index (χ0) is 25.6. The Kier molecular flexibility index (Phi) is 7.73. The van der Waals surface area contributed by atoms with Crippen LogP contribution in [0.15, 0.2) is 72.8 Å². The Labute approximate surface area is 218 Å². The second-order valence-electron chi connectivity index (χ2n) is 9.74. The topological polar surface area (TPSA) is 65.4 Å². The van der Waals surface area contributed by atoms with Gasteiger partial charge in [0.15, 0.2) is 0 Å². The summed E-state index contributed by atoms with van der Waals surface area (Å²) in [5.41, 5.74) is 3.83. The molecule has 192 valence electrons. The molecule has 37 heavy (non-hydrogen) atoms. The smallest absolute Gasteiger partial charge is 0.243 e. The van der Waals surface area contributed by atoms with Gasteiger partial charge >= 0.3 is 0 Å². The van der Waals surface area contributed by atoms with Gasteiger partial charge in [-0.2, -0.15) is 0 Å². The molecule has 1 fully saturated rings. The molecule has 4 aromatic rings. The van der Waals surface area contributed by atoms with E-state index in [-0.39, 0.29) is 11.9 Å². The van der Waals surface area contributed by atoms with E-state index in [1.807, 2.05) is 60.7 Å². The van der Waals surface area contributed by atoms with E-state index < -0.39 is 6.04 Å². The zero-order valence-electron chi connectivity index (χ0n) is 21.7. The van der Waals surface area contributed by atoms with Gasteiger partial charge in [-0.25, -0.2) is 4.98 Å². The third-order valence-electron chi connectivity index (χ3n) is 7.36. The van der Waals surface area contributed by atoms with Crippen molar-refractivity contribution in [1.82, 2.24) is 14.9 Å². The maximum atomic E-state index is 14.0. The average molecular weight is 498 g/mol. The number of methoxy groups -OCH3 is 2. The Morgan fingerprint density at radius 1 is 0.973 bits per heavy atom. The lowest BCUT2D eigenvalue weighted by atomic mass is 9.95. The Morgan fingerprint density at radius 3 is 2.49 bits per heavy atom. The first-order valence-electron chi connectivity index (χ1n) is 13.2. The number of imidazole rings is 1. The monoisotopic (exact) mass is 497 g/mol. The lowest BCUT2D eigenvalue weighted by Gasteiger charge is -2.27. The first kappa shape index (κ1) is 24.9. The van der Waals surface area contributed by atoms with Crippen molar-refractivity contribution in [1.29, 1.82) is 0 Å². The minimum absolute atomic E-state index is 0.0553. The number of aryl methyl sites for hydroxylation is 1. The van der Waals surface area contributed by atoms with E-state index in [1.54, 1.807) is 14.2 Å². The molecule has 1 unspecified atom stereocenters. The fourth-order valence-electron chi connectivity index (χ4n) is 5.40. The molecular formula is C31H35N3O3. The highest BCUT2D eigenvalue weighted by atomic mass is 16.5. The maximum Gasteiger partial charge on any atom is 0.243 e. The summed E-state index contributed by atoms with van der Waals surface area (Å²) in [5.74, 6) is 2.14. The van der Waals surface area contributed by atoms with Crippen LogP contribution in [-0.2, 0) is 11.2 Å². The van der Waals surface area contributed by atoms with Gasteiger partial charge in [0, 0.05) is 12.1 Å². The summed E-state index contributed by atoms with van der Waals surface area (Å²) in [7, 11) is 3.28. The Morgan fingerprint density at radius 2 is 1.73 bits per heavy atom. The molecule has 1 N–H and O–H groups in total. The number of benzene rings is 3. The minimum atomic E-state index is -0.420. The number of fused-ring (bicyclic) bond motifs is 1. The second-order valence-corrected chi connectivity index (χ2v) is 9.74. The summed E-state index contributed by atoms with van der Waals surface area (Å²) in [6.07, 6.45) is 7.12. The van der Waals surface area contributed by atoms with E-state index >= 15 is 0 Å². The number of carbonyl (C=O) groups excluding carboxylic acids is 1. The molecule has 1 saturated carbocycles. The molecule has 0 spiro atoms. The first-order chi connectivity index (χ1) is 18.2. The quantitative estimate of drug-likeness (QED) is 0.293. The predicted molar refractivity (Wildman–Crippen MR) is 147 cm³/mol. The van der Waals surface area contributed by atoms with E-state index in [1.165, 1.54) is 24.8 Å². The molecule has 1 amide bonds. The van der Waals surface area contributed by atoms with Gasteiger partial charge in [0.25, 0.3) is 0 Å². The number of aromatic nitrogens is 2. The molecule has 5 rings (SSSR count). The summed E-state index contributed by atoms with van der Waals surface area (Å²) in [5, 5.41) is 3.39. The third kappa shape index (κ3) is 5.48. The van der Waals surface area contributed by atoms with Gasteiger partial charge in [0.1, 0.15) is 23.4 Å². The largest absolute Gasteiger partial charge is 0.497 e. The van der Waals surface area contributed by atoms with Gasteiger partial charge in [-0.15, -0.1) is 0 Å². The molecule has 6 heteroatoms. The third-order valence-corrected chi connectivity index (χ3v) is 7.36. The molecule has 0 saturated heterocycles. The van der Waals surface area contributed by atoms with Crippen molar-refractivity contribution in [3.63, 3.8) is 0 Å². The van der Waals surface area contributed by atoms with E-state index in [2.05, 4.69) is 22.0 Å². The maximum absolute atomic E-state index is 14.0. The van der Waals surface area contributed by atoms with E-state index in [0.29, 0.717) is 17.9 Å². The predicted octanol–water partition coefficient (Wildman–Crippen LogP) is 6.34. The van der Waals surface area contributed by atoms with Crippen LogP contribution >= 0.6 is 0 Å². The summed E-state index contributed by atoms with van der Waals surface area (Å²) < 4.78 is 13.3. The lowest BCUT2D eigenvalue weighted by molar-refractivity contribution is -0.125. The highest BCUT2D eigenvalue weighted by Crippen LogP contribution is 2.37. The zero-order valence-corrected chi connectivity index (χ0v) is 21.7. The lowest BCUT2D eigenvalue weighted by Crippen LogP contribution is -2.41. The number of nitrogens with zero attached hydrogens (tertiary/aromatic N) is 2. The van der Waals surface area contributed by atoms with E-state index in [9.17, 15) is 4.79 Å². The van der Waals surface area contributed by atoms with Crippen LogP contribution in [0.3, 0.4) is 0 Å². The van der Waals surface area contributed by atoms with Crippen molar-refractivity contribution in [2.75, 3.05) is 14.2 Å².